The number of benzene rings is 2. The lowest BCUT2D eigenvalue weighted by Crippen LogP contribution is -2.26. The molecule has 1 atom stereocenters. The van der Waals surface area contributed by atoms with Crippen LogP contribution in [0.4, 0.5) is 11.5 Å². The first kappa shape index (κ1) is 20.1. The van der Waals surface area contributed by atoms with E-state index in [1.807, 2.05) is 48.5 Å². The number of nitrogens with one attached hydrogen (secondary N) is 1. The first-order chi connectivity index (χ1) is 15.7. The Hall–Kier alpha value is -3.87. The molecule has 7 nitrogen and oxygen atoms in total. The molecule has 0 radical (unpaired) electrons. The fraction of sp³-hybridized carbons (Fsp3) is 0.240. The second-order valence-corrected chi connectivity index (χ2v) is 7.80. The Bertz CT molecular complexity index is 1210. The number of hydrogen-bond acceptors (Lipinski definition) is 7. The molecule has 1 aliphatic heterocycles. The van der Waals surface area contributed by atoms with Gasteiger partial charge in [-0.25, -0.2) is 9.97 Å². The van der Waals surface area contributed by atoms with Crippen LogP contribution in [0.15, 0.2) is 67.0 Å². The van der Waals surface area contributed by atoms with Gasteiger partial charge in [0.15, 0.2) is 5.82 Å². The second-order valence-electron chi connectivity index (χ2n) is 7.80. The van der Waals surface area contributed by atoms with E-state index in [4.69, 9.17) is 19.4 Å². The Morgan fingerprint density at radius 2 is 1.78 bits per heavy atom. The van der Waals surface area contributed by atoms with Crippen molar-refractivity contribution < 1.29 is 9.47 Å². The summed E-state index contributed by atoms with van der Waals surface area (Å²) in [4.78, 5) is 16.2. The summed E-state index contributed by atoms with van der Waals surface area (Å²) in [6.45, 7) is 1.79. The molecule has 5 rings (SSSR count). The summed E-state index contributed by atoms with van der Waals surface area (Å²) in [5, 5.41) is 4.69. The predicted octanol–water partition coefficient (Wildman–Crippen LogP) is 4.40. The highest BCUT2D eigenvalue weighted by atomic mass is 16.5. The molecule has 1 fully saturated rings. The zero-order valence-corrected chi connectivity index (χ0v) is 18.2. The van der Waals surface area contributed by atoms with Gasteiger partial charge in [0.05, 0.1) is 19.7 Å². The highest BCUT2D eigenvalue weighted by Crippen LogP contribution is 2.32. The van der Waals surface area contributed by atoms with Crippen LogP contribution in [0, 0.1) is 0 Å². The molecule has 1 unspecified atom stereocenters. The van der Waals surface area contributed by atoms with Gasteiger partial charge in [0.2, 0.25) is 0 Å². The number of fused-ring (bicyclic) bond motifs is 1. The third-order valence-electron chi connectivity index (χ3n) is 5.75. The van der Waals surface area contributed by atoms with Gasteiger partial charge in [-0.15, -0.1) is 0 Å². The average molecular weight is 428 g/mol. The van der Waals surface area contributed by atoms with Crippen molar-refractivity contribution in [3.8, 4) is 22.9 Å². The fourth-order valence-corrected chi connectivity index (χ4v) is 4.09. The van der Waals surface area contributed by atoms with E-state index in [0.717, 1.165) is 59.0 Å². The van der Waals surface area contributed by atoms with E-state index in [-0.39, 0.29) is 6.04 Å². The van der Waals surface area contributed by atoms with Crippen LogP contribution in [-0.4, -0.2) is 48.3 Å². The maximum absolute atomic E-state index is 5.44. The molecule has 4 aromatic rings. The molecule has 32 heavy (non-hydrogen) atoms. The highest BCUT2D eigenvalue weighted by molar-refractivity contribution is 5.90. The molecule has 0 spiro atoms. The summed E-state index contributed by atoms with van der Waals surface area (Å²) in [7, 11) is 3.35. The number of hydrogen-bond donors (Lipinski definition) is 1. The standard InChI is InChI=1S/C25H25N5O2/c1-31-20-12-19(13-21(14-20)32-2)30-11-9-18(16-30)27-25-22-7-3-4-8-23(22)28-24(29-25)17-6-5-10-26-15-17/h3-8,10,12-15,18H,9,11,16H2,1-2H3,(H,27,28,29). The van der Waals surface area contributed by atoms with Crippen LogP contribution < -0.4 is 19.7 Å². The van der Waals surface area contributed by atoms with Crippen LogP contribution in [0.1, 0.15) is 6.42 Å². The van der Waals surface area contributed by atoms with E-state index in [2.05, 4.69) is 21.3 Å². The van der Waals surface area contributed by atoms with Crippen LogP contribution in [-0.2, 0) is 0 Å². The first-order valence-corrected chi connectivity index (χ1v) is 10.7. The zero-order valence-electron chi connectivity index (χ0n) is 18.2. The summed E-state index contributed by atoms with van der Waals surface area (Å²) in [5.41, 5.74) is 2.91. The molecule has 2 aromatic heterocycles. The SMILES string of the molecule is COc1cc(OC)cc(N2CCC(Nc3nc(-c4cccnc4)nc4ccccc34)C2)c1. The Labute approximate surface area is 187 Å². The third-order valence-corrected chi connectivity index (χ3v) is 5.75. The van der Waals surface area contributed by atoms with Gasteiger partial charge in [-0.1, -0.05) is 12.1 Å². The quantitative estimate of drug-likeness (QED) is 0.489. The van der Waals surface area contributed by atoms with Gasteiger partial charge in [-0.2, -0.15) is 0 Å². The van der Waals surface area contributed by atoms with E-state index in [0.29, 0.717) is 5.82 Å². The lowest BCUT2D eigenvalue weighted by atomic mass is 10.2. The van der Waals surface area contributed by atoms with Gasteiger partial charge in [0.1, 0.15) is 17.3 Å². The summed E-state index contributed by atoms with van der Waals surface area (Å²) in [5.74, 6) is 3.11. The highest BCUT2D eigenvalue weighted by Gasteiger charge is 2.25. The van der Waals surface area contributed by atoms with Crippen molar-refractivity contribution in [1.29, 1.82) is 0 Å². The van der Waals surface area contributed by atoms with Crippen molar-refractivity contribution in [2.75, 3.05) is 37.5 Å². The van der Waals surface area contributed by atoms with Crippen LogP contribution in [0.3, 0.4) is 0 Å². The number of ether oxygens (including phenoxy) is 2. The number of nitrogens with zero attached hydrogens (tertiary/aromatic N) is 4. The third kappa shape index (κ3) is 4.01. The van der Waals surface area contributed by atoms with Gasteiger partial charge in [0.25, 0.3) is 0 Å². The van der Waals surface area contributed by atoms with Gasteiger partial charge in [-0.05, 0) is 30.7 Å². The largest absolute Gasteiger partial charge is 0.497 e. The predicted molar refractivity (Wildman–Crippen MR) is 127 cm³/mol. The smallest absolute Gasteiger partial charge is 0.163 e. The van der Waals surface area contributed by atoms with Crippen molar-refractivity contribution in [2.24, 2.45) is 0 Å². The molecule has 2 aromatic carbocycles. The Morgan fingerprint density at radius 1 is 0.969 bits per heavy atom. The number of methoxy groups -OCH3 is 2. The van der Waals surface area contributed by atoms with Crippen LogP contribution in [0.5, 0.6) is 11.5 Å². The molecule has 0 bridgehead atoms. The number of aromatic nitrogens is 3. The summed E-state index contributed by atoms with van der Waals surface area (Å²) < 4.78 is 10.9. The van der Waals surface area contributed by atoms with Crippen molar-refractivity contribution in [3.63, 3.8) is 0 Å². The van der Waals surface area contributed by atoms with Crippen LogP contribution in [0.2, 0.25) is 0 Å². The molecule has 3 heterocycles. The minimum absolute atomic E-state index is 0.257. The Morgan fingerprint density at radius 3 is 2.53 bits per heavy atom. The maximum atomic E-state index is 5.44. The molecular weight excluding hydrogens is 402 g/mol. The molecule has 0 saturated carbocycles. The van der Waals surface area contributed by atoms with Gasteiger partial charge >= 0.3 is 0 Å². The molecule has 1 aliphatic rings. The topological polar surface area (TPSA) is 72.4 Å². The second kappa shape index (κ2) is 8.70. The minimum Gasteiger partial charge on any atom is -0.497 e. The normalized spacial score (nSPS) is 15.7. The minimum atomic E-state index is 0.257. The Kier molecular flexibility index (Phi) is 5.46. The zero-order chi connectivity index (χ0) is 21.9. The lowest BCUT2D eigenvalue weighted by molar-refractivity contribution is 0.394. The number of para-hydroxylation sites is 1. The van der Waals surface area contributed by atoms with Gasteiger partial charge in [-0.3, -0.25) is 4.98 Å². The summed E-state index contributed by atoms with van der Waals surface area (Å²) in [6, 6.07) is 18.2. The average Bonchev–Trinajstić information content (AvgIpc) is 3.32. The van der Waals surface area contributed by atoms with Crippen molar-refractivity contribution in [3.05, 3.63) is 67.0 Å². The molecule has 0 amide bonds. The molecule has 1 N–H and O–H groups in total. The van der Waals surface area contributed by atoms with Crippen molar-refractivity contribution in [2.45, 2.75) is 12.5 Å². The lowest BCUT2D eigenvalue weighted by Gasteiger charge is -2.21. The van der Waals surface area contributed by atoms with Gasteiger partial charge in [0, 0.05) is 66.4 Å². The fourth-order valence-electron chi connectivity index (χ4n) is 4.09. The van der Waals surface area contributed by atoms with E-state index >= 15 is 0 Å². The van der Waals surface area contributed by atoms with E-state index < -0.39 is 0 Å². The van der Waals surface area contributed by atoms with Crippen LogP contribution >= 0.6 is 0 Å². The molecule has 0 aliphatic carbocycles. The van der Waals surface area contributed by atoms with Crippen LogP contribution in [0.25, 0.3) is 22.3 Å². The molecule has 7 heteroatoms. The summed E-state index contributed by atoms with van der Waals surface area (Å²) >= 11 is 0. The Balaban J connectivity index is 1.42. The van der Waals surface area contributed by atoms with E-state index in [1.54, 1.807) is 26.6 Å². The first-order valence-electron chi connectivity index (χ1n) is 10.7. The summed E-state index contributed by atoms with van der Waals surface area (Å²) in [6.07, 6.45) is 4.55. The van der Waals surface area contributed by atoms with E-state index in [1.165, 1.54) is 0 Å². The van der Waals surface area contributed by atoms with Crippen molar-refractivity contribution >= 4 is 22.4 Å². The maximum Gasteiger partial charge on any atom is 0.163 e. The molecule has 1 saturated heterocycles. The number of anilines is 2. The van der Waals surface area contributed by atoms with E-state index in [9.17, 15) is 0 Å². The molecule has 162 valence electrons. The van der Waals surface area contributed by atoms with Gasteiger partial charge < -0.3 is 19.7 Å². The number of rotatable bonds is 6. The van der Waals surface area contributed by atoms with Crippen molar-refractivity contribution in [1.82, 2.24) is 15.0 Å². The monoisotopic (exact) mass is 427 g/mol. The number of pyridine rings is 1. The molecular formula is C25H25N5O2.